The van der Waals surface area contributed by atoms with Crippen molar-refractivity contribution in [2.75, 3.05) is 6.61 Å². The minimum absolute atomic E-state index is 0.0367. The van der Waals surface area contributed by atoms with Gasteiger partial charge in [0.15, 0.2) is 6.29 Å². The fourth-order valence-electron chi connectivity index (χ4n) is 3.53. The van der Waals surface area contributed by atoms with E-state index in [1.54, 1.807) is 0 Å². The highest BCUT2D eigenvalue weighted by atomic mass is 16.5. The van der Waals surface area contributed by atoms with Crippen molar-refractivity contribution >= 4 is 12.4 Å². The minimum atomic E-state index is -1.28. The minimum Gasteiger partial charge on any atom is -0.449 e. The highest BCUT2D eigenvalue weighted by Gasteiger charge is 2.29. The van der Waals surface area contributed by atoms with Gasteiger partial charge >= 0.3 is 6.09 Å². The molecule has 1 amide bonds. The number of alkyl carbamates (subject to hydrolysis) is 1. The molecular formula is C23H25NO4. The molecule has 0 heterocycles. The van der Waals surface area contributed by atoms with Gasteiger partial charge in [0.1, 0.15) is 12.7 Å². The Morgan fingerprint density at radius 2 is 1.68 bits per heavy atom. The zero-order valence-electron chi connectivity index (χ0n) is 16.1. The molecule has 0 aromatic heterocycles. The highest BCUT2D eigenvalue weighted by molar-refractivity contribution is 5.79. The first kappa shape index (κ1) is 19.8. The normalized spacial score (nSPS) is 14.4. The van der Waals surface area contributed by atoms with E-state index in [1.165, 1.54) is 0 Å². The molecule has 28 heavy (non-hydrogen) atoms. The third-order valence-electron chi connectivity index (χ3n) is 4.98. The Bertz CT molecular complexity index is 840. The lowest BCUT2D eigenvalue weighted by Crippen LogP contribution is -2.44. The first-order chi connectivity index (χ1) is 13.5. The molecule has 2 aromatic carbocycles. The molecule has 2 N–H and O–H groups in total. The second-order valence-corrected chi connectivity index (χ2v) is 7.22. The number of carbonyl (C=O) groups is 2. The molecule has 5 heteroatoms. The highest BCUT2D eigenvalue weighted by Crippen LogP contribution is 2.44. The average molecular weight is 379 g/mol. The standard InChI is InChI=1S/C23H25NO4/c1-15(2)11-12-21(22(26)13-25)24-23(27)28-14-20-18-9-5-3-7-16(18)17-8-4-6-10-19(17)20/h3-11,13,20-22,26H,12,14H2,1-2H3,(H,24,27)/t21-,22?/m0/s1. The Balaban J connectivity index is 1.69. The summed E-state index contributed by atoms with van der Waals surface area (Å²) in [7, 11) is 0. The number of rotatable bonds is 7. The van der Waals surface area contributed by atoms with E-state index < -0.39 is 18.2 Å². The van der Waals surface area contributed by atoms with E-state index in [4.69, 9.17) is 4.74 Å². The smallest absolute Gasteiger partial charge is 0.407 e. The van der Waals surface area contributed by atoms with Gasteiger partial charge in [0.2, 0.25) is 0 Å². The summed E-state index contributed by atoms with van der Waals surface area (Å²) in [5.74, 6) is -0.0367. The van der Waals surface area contributed by atoms with Crippen molar-refractivity contribution < 1.29 is 19.4 Å². The third kappa shape index (κ3) is 4.31. The summed E-state index contributed by atoms with van der Waals surface area (Å²) in [6.45, 7) is 4.02. The van der Waals surface area contributed by atoms with Gasteiger partial charge in [-0.2, -0.15) is 0 Å². The Kier molecular flexibility index (Phi) is 6.26. The number of aliphatic hydroxyl groups excluding tert-OH is 1. The molecule has 0 fully saturated rings. The topological polar surface area (TPSA) is 75.6 Å². The van der Waals surface area contributed by atoms with E-state index in [0.717, 1.165) is 27.8 Å². The number of aliphatic hydroxyl groups is 1. The predicted octanol–water partition coefficient (Wildman–Crippen LogP) is 3.81. The quantitative estimate of drug-likeness (QED) is 0.567. The second kappa shape index (κ2) is 8.85. The molecule has 1 aliphatic rings. The Morgan fingerprint density at radius 1 is 1.11 bits per heavy atom. The lowest BCUT2D eigenvalue weighted by Gasteiger charge is -2.20. The third-order valence-corrected chi connectivity index (χ3v) is 4.98. The number of fused-ring (bicyclic) bond motifs is 3. The summed E-state index contributed by atoms with van der Waals surface area (Å²) < 4.78 is 5.47. The largest absolute Gasteiger partial charge is 0.449 e. The average Bonchev–Trinajstić information content (AvgIpc) is 3.02. The van der Waals surface area contributed by atoms with Crippen LogP contribution in [0.1, 0.15) is 37.3 Å². The predicted molar refractivity (Wildman–Crippen MR) is 108 cm³/mol. The summed E-state index contributed by atoms with van der Waals surface area (Å²) in [6.07, 6.45) is 0.715. The molecular weight excluding hydrogens is 354 g/mol. The van der Waals surface area contributed by atoms with Gasteiger partial charge in [-0.25, -0.2) is 4.79 Å². The molecule has 0 bridgehead atoms. The van der Waals surface area contributed by atoms with Crippen LogP contribution in [0, 0.1) is 0 Å². The number of amides is 1. The van der Waals surface area contributed by atoms with Gasteiger partial charge < -0.3 is 20.0 Å². The van der Waals surface area contributed by atoms with E-state index in [2.05, 4.69) is 29.6 Å². The molecule has 146 valence electrons. The van der Waals surface area contributed by atoms with Gasteiger partial charge in [0.05, 0.1) is 6.04 Å². The van der Waals surface area contributed by atoms with Crippen LogP contribution in [0.4, 0.5) is 4.79 Å². The van der Waals surface area contributed by atoms with Crippen LogP contribution in [-0.2, 0) is 9.53 Å². The van der Waals surface area contributed by atoms with Crippen molar-refractivity contribution in [2.45, 2.75) is 38.3 Å². The van der Waals surface area contributed by atoms with Crippen molar-refractivity contribution in [2.24, 2.45) is 0 Å². The first-order valence-electron chi connectivity index (χ1n) is 9.39. The summed E-state index contributed by atoms with van der Waals surface area (Å²) in [6, 6.07) is 15.5. The van der Waals surface area contributed by atoms with Crippen LogP contribution in [0.15, 0.2) is 60.2 Å². The molecule has 1 unspecified atom stereocenters. The number of allylic oxidation sites excluding steroid dienone is 1. The van der Waals surface area contributed by atoms with Crippen LogP contribution in [0.3, 0.4) is 0 Å². The summed E-state index contributed by atoms with van der Waals surface area (Å²) in [5.41, 5.74) is 5.61. The number of hydrogen-bond donors (Lipinski definition) is 2. The number of carbonyl (C=O) groups excluding carboxylic acids is 2. The Hall–Kier alpha value is -2.92. The molecule has 0 saturated carbocycles. The molecule has 3 rings (SSSR count). The lowest BCUT2D eigenvalue weighted by molar-refractivity contribution is -0.116. The molecule has 0 spiro atoms. The van der Waals surface area contributed by atoms with E-state index >= 15 is 0 Å². The van der Waals surface area contributed by atoms with Crippen LogP contribution >= 0.6 is 0 Å². The van der Waals surface area contributed by atoms with Crippen molar-refractivity contribution in [3.8, 4) is 11.1 Å². The number of aldehydes is 1. The van der Waals surface area contributed by atoms with Crippen molar-refractivity contribution in [1.29, 1.82) is 0 Å². The molecule has 2 aromatic rings. The van der Waals surface area contributed by atoms with E-state index in [-0.39, 0.29) is 12.5 Å². The Morgan fingerprint density at radius 3 is 2.21 bits per heavy atom. The summed E-state index contributed by atoms with van der Waals surface area (Å²) >= 11 is 0. The van der Waals surface area contributed by atoms with Crippen LogP contribution in [0.2, 0.25) is 0 Å². The lowest BCUT2D eigenvalue weighted by atomic mass is 9.98. The SMILES string of the molecule is CC(C)=CC[C@H](NC(=O)OCC1c2ccccc2-c2ccccc21)C(O)C=O. The monoisotopic (exact) mass is 379 g/mol. The fourth-order valence-corrected chi connectivity index (χ4v) is 3.53. The summed E-state index contributed by atoms with van der Waals surface area (Å²) in [4.78, 5) is 23.3. The Labute approximate surface area is 165 Å². The van der Waals surface area contributed by atoms with Crippen LogP contribution in [0.25, 0.3) is 11.1 Å². The van der Waals surface area contributed by atoms with Gasteiger partial charge in [-0.15, -0.1) is 0 Å². The molecule has 1 aliphatic carbocycles. The molecule has 2 atom stereocenters. The number of nitrogens with one attached hydrogen (secondary N) is 1. The second-order valence-electron chi connectivity index (χ2n) is 7.22. The molecule has 0 aliphatic heterocycles. The van der Waals surface area contributed by atoms with E-state index in [1.807, 2.05) is 44.2 Å². The van der Waals surface area contributed by atoms with Gasteiger partial charge in [-0.1, -0.05) is 60.2 Å². The van der Waals surface area contributed by atoms with Crippen molar-refractivity contribution in [3.05, 3.63) is 71.3 Å². The number of benzene rings is 2. The number of ether oxygens (including phenoxy) is 1. The van der Waals surface area contributed by atoms with Gasteiger partial charge in [-0.05, 0) is 42.5 Å². The molecule has 0 saturated heterocycles. The number of hydrogen-bond acceptors (Lipinski definition) is 4. The van der Waals surface area contributed by atoms with Gasteiger partial charge in [-0.3, -0.25) is 0 Å². The van der Waals surface area contributed by atoms with Gasteiger partial charge in [0.25, 0.3) is 0 Å². The summed E-state index contributed by atoms with van der Waals surface area (Å²) in [5, 5.41) is 12.5. The van der Waals surface area contributed by atoms with Crippen LogP contribution in [-0.4, -0.2) is 36.2 Å². The zero-order chi connectivity index (χ0) is 20.1. The van der Waals surface area contributed by atoms with E-state index in [0.29, 0.717) is 12.7 Å². The van der Waals surface area contributed by atoms with E-state index in [9.17, 15) is 14.7 Å². The molecule has 5 nitrogen and oxygen atoms in total. The first-order valence-corrected chi connectivity index (χ1v) is 9.39. The van der Waals surface area contributed by atoms with Crippen molar-refractivity contribution in [1.82, 2.24) is 5.32 Å². The molecule has 0 radical (unpaired) electrons. The zero-order valence-corrected chi connectivity index (χ0v) is 16.1. The van der Waals surface area contributed by atoms with Gasteiger partial charge in [0, 0.05) is 5.92 Å². The maximum atomic E-state index is 12.3. The van der Waals surface area contributed by atoms with Crippen LogP contribution in [0.5, 0.6) is 0 Å². The van der Waals surface area contributed by atoms with Crippen LogP contribution < -0.4 is 5.32 Å². The maximum absolute atomic E-state index is 12.3. The van der Waals surface area contributed by atoms with Crippen molar-refractivity contribution in [3.63, 3.8) is 0 Å². The maximum Gasteiger partial charge on any atom is 0.407 e. The fraction of sp³-hybridized carbons (Fsp3) is 0.304.